The Morgan fingerprint density at radius 2 is 1.76 bits per heavy atom. The number of phenols is 1. The Balaban J connectivity index is 0.00000106. The van der Waals surface area contributed by atoms with Gasteiger partial charge in [-0.15, -0.1) is 0 Å². The van der Waals surface area contributed by atoms with E-state index in [9.17, 15) is 9.90 Å². The first-order valence-electron chi connectivity index (χ1n) is 6.78. The van der Waals surface area contributed by atoms with Crippen LogP contribution in [-0.4, -0.2) is 18.2 Å². The number of hydrogen-bond donors (Lipinski definition) is 1. The third-order valence-electron chi connectivity index (χ3n) is 2.56. The van der Waals surface area contributed by atoms with E-state index >= 15 is 0 Å². The number of phenolic OH excluding ortho intramolecular Hbond substituents is 1. The Kier molecular flexibility index (Phi) is 6.81. The molecule has 4 nitrogen and oxygen atoms in total. The second kappa shape index (κ2) is 8.64. The Bertz CT molecular complexity index is 564. The fraction of sp³-hybridized carbons (Fsp3) is 0.235. The van der Waals surface area contributed by atoms with Crippen molar-refractivity contribution in [2.45, 2.75) is 20.5 Å². The maximum atomic E-state index is 11.4. The van der Waals surface area contributed by atoms with E-state index < -0.39 is 5.97 Å². The van der Waals surface area contributed by atoms with E-state index in [2.05, 4.69) is 4.74 Å². The summed E-state index contributed by atoms with van der Waals surface area (Å²) in [6.45, 7) is 4.37. The quantitative estimate of drug-likeness (QED) is 0.870. The molecule has 0 spiro atoms. The van der Waals surface area contributed by atoms with Crippen LogP contribution in [-0.2, 0) is 11.3 Å². The highest BCUT2D eigenvalue weighted by atomic mass is 16.5. The van der Waals surface area contributed by atoms with Gasteiger partial charge in [-0.1, -0.05) is 44.2 Å². The van der Waals surface area contributed by atoms with Crippen LogP contribution in [0.25, 0.3) is 0 Å². The standard InChI is InChI=1S/C15H14O4.C2H6/c1-18-15(17)12-7-13(16)9-14(8-12)19-10-11-5-3-2-4-6-11;1-2/h2-9,16H,10H2,1H3;1-2H3. The fourth-order valence-corrected chi connectivity index (χ4v) is 1.64. The number of methoxy groups -OCH3 is 1. The normalized spacial score (nSPS) is 9.29. The molecule has 1 N–H and O–H groups in total. The maximum absolute atomic E-state index is 11.4. The first-order valence-corrected chi connectivity index (χ1v) is 6.78. The van der Waals surface area contributed by atoms with Crippen molar-refractivity contribution in [1.29, 1.82) is 0 Å². The maximum Gasteiger partial charge on any atom is 0.338 e. The van der Waals surface area contributed by atoms with Crippen molar-refractivity contribution in [3.05, 3.63) is 59.7 Å². The minimum absolute atomic E-state index is 0.0361. The second-order valence-corrected chi connectivity index (χ2v) is 3.98. The predicted molar refractivity (Wildman–Crippen MR) is 81.6 cm³/mol. The molecule has 112 valence electrons. The van der Waals surface area contributed by atoms with Crippen molar-refractivity contribution in [1.82, 2.24) is 0 Å². The summed E-state index contributed by atoms with van der Waals surface area (Å²) in [4.78, 5) is 11.4. The number of esters is 1. The van der Waals surface area contributed by atoms with E-state index in [1.54, 1.807) is 0 Å². The zero-order valence-electron chi connectivity index (χ0n) is 12.5. The Hall–Kier alpha value is -2.49. The van der Waals surface area contributed by atoms with Gasteiger partial charge in [-0.05, 0) is 17.7 Å². The highest BCUT2D eigenvalue weighted by molar-refractivity contribution is 5.90. The number of rotatable bonds is 4. The van der Waals surface area contributed by atoms with Crippen LogP contribution in [0.2, 0.25) is 0 Å². The first kappa shape index (κ1) is 16.6. The molecule has 0 aromatic heterocycles. The smallest absolute Gasteiger partial charge is 0.338 e. The average Bonchev–Trinajstić information content (AvgIpc) is 2.54. The van der Waals surface area contributed by atoms with Crippen LogP contribution in [0.15, 0.2) is 48.5 Å². The van der Waals surface area contributed by atoms with Crippen molar-refractivity contribution in [3.63, 3.8) is 0 Å². The number of benzene rings is 2. The zero-order valence-corrected chi connectivity index (χ0v) is 12.5. The van der Waals surface area contributed by atoms with Crippen LogP contribution in [0.4, 0.5) is 0 Å². The third-order valence-corrected chi connectivity index (χ3v) is 2.56. The van der Waals surface area contributed by atoms with Crippen molar-refractivity contribution in [2.75, 3.05) is 7.11 Å². The van der Waals surface area contributed by atoms with E-state index in [-0.39, 0.29) is 11.3 Å². The molecule has 4 heteroatoms. The molecule has 0 saturated heterocycles. The van der Waals surface area contributed by atoms with Gasteiger partial charge in [-0.25, -0.2) is 4.79 Å². The molecule has 2 aromatic carbocycles. The molecule has 0 aliphatic rings. The molecule has 0 bridgehead atoms. The monoisotopic (exact) mass is 288 g/mol. The molecule has 0 atom stereocenters. The summed E-state index contributed by atoms with van der Waals surface area (Å²) >= 11 is 0. The van der Waals surface area contributed by atoms with Gasteiger partial charge in [0.15, 0.2) is 0 Å². The van der Waals surface area contributed by atoms with Crippen LogP contribution >= 0.6 is 0 Å². The molecular weight excluding hydrogens is 268 g/mol. The van der Waals surface area contributed by atoms with Crippen molar-refractivity contribution < 1.29 is 19.4 Å². The average molecular weight is 288 g/mol. The van der Waals surface area contributed by atoms with Gasteiger partial charge in [0.05, 0.1) is 12.7 Å². The van der Waals surface area contributed by atoms with Crippen molar-refractivity contribution in [2.24, 2.45) is 0 Å². The topological polar surface area (TPSA) is 55.8 Å². The Morgan fingerprint density at radius 1 is 1.10 bits per heavy atom. The molecule has 0 unspecified atom stereocenters. The molecule has 2 aromatic rings. The molecule has 0 amide bonds. The molecule has 0 aliphatic carbocycles. The molecule has 21 heavy (non-hydrogen) atoms. The van der Waals surface area contributed by atoms with Gasteiger partial charge in [0.2, 0.25) is 0 Å². The van der Waals surface area contributed by atoms with Crippen molar-refractivity contribution >= 4 is 5.97 Å². The fourth-order valence-electron chi connectivity index (χ4n) is 1.64. The van der Waals surface area contributed by atoms with Crippen LogP contribution in [0.3, 0.4) is 0 Å². The molecule has 0 radical (unpaired) electrons. The number of aromatic hydroxyl groups is 1. The van der Waals surface area contributed by atoms with E-state index in [0.717, 1.165) is 5.56 Å². The lowest BCUT2D eigenvalue weighted by Gasteiger charge is -2.08. The van der Waals surface area contributed by atoms with E-state index in [1.165, 1.54) is 25.3 Å². The summed E-state index contributed by atoms with van der Waals surface area (Å²) < 4.78 is 10.1. The lowest BCUT2D eigenvalue weighted by atomic mass is 10.2. The second-order valence-electron chi connectivity index (χ2n) is 3.98. The number of ether oxygens (including phenoxy) is 2. The highest BCUT2D eigenvalue weighted by Gasteiger charge is 2.09. The summed E-state index contributed by atoms with van der Waals surface area (Å²) in [7, 11) is 1.29. The molecular formula is C17H20O4. The van der Waals surface area contributed by atoms with E-state index in [0.29, 0.717) is 12.4 Å². The minimum atomic E-state index is -0.513. The van der Waals surface area contributed by atoms with Gasteiger partial charge in [-0.2, -0.15) is 0 Å². The third kappa shape index (κ3) is 5.18. The van der Waals surface area contributed by atoms with Crippen LogP contribution in [0.1, 0.15) is 29.8 Å². The summed E-state index contributed by atoms with van der Waals surface area (Å²) in [5.74, 6) is -0.129. The van der Waals surface area contributed by atoms with E-state index in [1.807, 2.05) is 44.2 Å². The SMILES string of the molecule is CC.COC(=O)c1cc(O)cc(OCc2ccccc2)c1. The van der Waals surface area contributed by atoms with Gasteiger partial charge in [-0.3, -0.25) is 0 Å². The van der Waals surface area contributed by atoms with Crippen LogP contribution in [0, 0.1) is 0 Å². The minimum Gasteiger partial charge on any atom is -0.508 e. The number of carbonyl (C=O) groups excluding carboxylic acids is 1. The van der Waals surface area contributed by atoms with Gasteiger partial charge in [0.1, 0.15) is 18.1 Å². The Labute approximate surface area is 125 Å². The summed E-state index contributed by atoms with van der Waals surface area (Å²) in [6, 6.07) is 14.0. The largest absolute Gasteiger partial charge is 0.508 e. The highest BCUT2D eigenvalue weighted by Crippen LogP contribution is 2.23. The molecule has 0 fully saturated rings. The van der Waals surface area contributed by atoms with Gasteiger partial charge < -0.3 is 14.6 Å². The van der Waals surface area contributed by atoms with Crippen LogP contribution in [0.5, 0.6) is 11.5 Å². The number of hydrogen-bond acceptors (Lipinski definition) is 4. The predicted octanol–water partition coefficient (Wildman–Crippen LogP) is 3.78. The molecule has 0 heterocycles. The lowest BCUT2D eigenvalue weighted by molar-refractivity contribution is 0.0599. The summed E-state index contributed by atoms with van der Waals surface area (Å²) in [6.07, 6.45) is 0. The molecule has 0 aliphatic heterocycles. The van der Waals surface area contributed by atoms with E-state index in [4.69, 9.17) is 4.74 Å². The molecule has 0 saturated carbocycles. The summed E-state index contributed by atoms with van der Waals surface area (Å²) in [5.41, 5.74) is 1.26. The first-order chi connectivity index (χ1) is 10.2. The van der Waals surface area contributed by atoms with Gasteiger partial charge >= 0.3 is 5.97 Å². The summed E-state index contributed by atoms with van der Waals surface area (Å²) in [5, 5.41) is 9.55. The number of carbonyl (C=O) groups is 1. The van der Waals surface area contributed by atoms with Crippen LogP contribution < -0.4 is 4.74 Å². The van der Waals surface area contributed by atoms with Gasteiger partial charge in [0, 0.05) is 6.07 Å². The zero-order chi connectivity index (χ0) is 15.7. The van der Waals surface area contributed by atoms with Gasteiger partial charge in [0.25, 0.3) is 0 Å². The Morgan fingerprint density at radius 3 is 2.38 bits per heavy atom. The van der Waals surface area contributed by atoms with Crippen molar-refractivity contribution in [3.8, 4) is 11.5 Å². The lowest BCUT2D eigenvalue weighted by Crippen LogP contribution is -2.02. The molecule has 2 rings (SSSR count).